The van der Waals surface area contributed by atoms with E-state index >= 15 is 0 Å². The number of hydrogen-bond acceptors (Lipinski definition) is 3. The summed E-state index contributed by atoms with van der Waals surface area (Å²) in [5, 5.41) is 0. The molecule has 0 aliphatic carbocycles. The van der Waals surface area contributed by atoms with Gasteiger partial charge in [0.25, 0.3) is 6.43 Å². The predicted molar refractivity (Wildman–Crippen MR) is 46.1 cm³/mol. The van der Waals surface area contributed by atoms with Crippen LogP contribution >= 0.6 is 0 Å². The Morgan fingerprint density at radius 2 is 2.00 bits per heavy atom. The van der Waals surface area contributed by atoms with Crippen LogP contribution in [-0.2, 0) is 6.18 Å². The maximum absolute atomic E-state index is 12.4. The number of aldehydes is 1. The molecule has 0 spiro atoms. The molecular weight excluding hydrogens is 249 g/mol. The molecule has 0 atom stereocenters. The van der Waals surface area contributed by atoms with Gasteiger partial charge in [0.15, 0.2) is 6.29 Å². The monoisotopic (exact) mass is 255 g/mol. The lowest BCUT2D eigenvalue weighted by Gasteiger charge is -2.13. The minimum atomic E-state index is -4.86. The predicted octanol–water partition coefficient (Wildman–Crippen LogP) is 2.86. The Balaban J connectivity index is 3.49. The van der Waals surface area contributed by atoms with Crippen molar-refractivity contribution < 1.29 is 31.5 Å². The first kappa shape index (κ1) is 13.3. The first-order chi connectivity index (χ1) is 7.81. The van der Waals surface area contributed by atoms with E-state index < -0.39 is 35.3 Å². The quantitative estimate of drug-likeness (QED) is 0.615. The minimum absolute atomic E-state index is 0.228. The van der Waals surface area contributed by atoms with E-state index in [0.717, 1.165) is 7.11 Å². The van der Waals surface area contributed by atoms with Crippen molar-refractivity contribution in [2.24, 2.45) is 0 Å². The minimum Gasteiger partial charge on any atom is -0.495 e. The molecule has 0 aromatic carbocycles. The fourth-order valence-corrected chi connectivity index (χ4v) is 1.16. The molecule has 94 valence electrons. The number of ether oxygens (including phenoxy) is 1. The Bertz CT molecular complexity index is 430. The molecule has 17 heavy (non-hydrogen) atoms. The van der Waals surface area contributed by atoms with Gasteiger partial charge < -0.3 is 4.74 Å². The summed E-state index contributed by atoms with van der Waals surface area (Å²) in [6.07, 6.45) is -8.23. The Kier molecular flexibility index (Phi) is 3.64. The molecule has 0 fully saturated rings. The lowest BCUT2D eigenvalue weighted by Crippen LogP contribution is -2.13. The van der Waals surface area contributed by atoms with E-state index in [1.165, 1.54) is 0 Å². The highest BCUT2D eigenvalue weighted by Crippen LogP contribution is 2.36. The average Bonchev–Trinajstić information content (AvgIpc) is 2.25. The largest absolute Gasteiger partial charge is 0.495 e. The summed E-state index contributed by atoms with van der Waals surface area (Å²) in [4.78, 5) is 13.4. The smallest absolute Gasteiger partial charge is 0.418 e. The van der Waals surface area contributed by atoms with Gasteiger partial charge in [-0.2, -0.15) is 13.2 Å². The van der Waals surface area contributed by atoms with E-state index in [1.807, 2.05) is 0 Å². The van der Waals surface area contributed by atoms with E-state index in [9.17, 15) is 26.7 Å². The molecule has 0 saturated carbocycles. The Labute approximate surface area is 92.2 Å². The van der Waals surface area contributed by atoms with E-state index in [-0.39, 0.29) is 6.29 Å². The summed E-state index contributed by atoms with van der Waals surface area (Å²) in [7, 11) is 0.934. The van der Waals surface area contributed by atoms with Gasteiger partial charge in [0, 0.05) is 0 Å². The van der Waals surface area contributed by atoms with Gasteiger partial charge in [-0.05, 0) is 6.07 Å². The molecule has 3 nitrogen and oxygen atoms in total. The number of pyridine rings is 1. The number of halogens is 5. The van der Waals surface area contributed by atoms with Crippen LogP contribution in [0.25, 0.3) is 0 Å². The zero-order chi connectivity index (χ0) is 13.2. The zero-order valence-corrected chi connectivity index (χ0v) is 8.39. The number of carbonyl (C=O) groups excluding carboxylic acids is 1. The van der Waals surface area contributed by atoms with Crippen molar-refractivity contribution >= 4 is 6.29 Å². The average molecular weight is 255 g/mol. The molecule has 1 aromatic rings. The second kappa shape index (κ2) is 4.64. The van der Waals surface area contributed by atoms with Crippen LogP contribution < -0.4 is 4.74 Å². The Morgan fingerprint density at radius 1 is 1.41 bits per heavy atom. The molecule has 8 heteroatoms. The van der Waals surface area contributed by atoms with Crippen LogP contribution in [0, 0.1) is 0 Å². The highest BCUT2D eigenvalue weighted by Gasteiger charge is 2.36. The summed E-state index contributed by atoms with van der Waals surface area (Å²) >= 11 is 0. The van der Waals surface area contributed by atoms with Crippen molar-refractivity contribution in [1.82, 2.24) is 4.98 Å². The van der Waals surface area contributed by atoms with Crippen molar-refractivity contribution in [1.29, 1.82) is 0 Å². The zero-order valence-electron chi connectivity index (χ0n) is 8.39. The third-order valence-electron chi connectivity index (χ3n) is 1.89. The van der Waals surface area contributed by atoms with Gasteiger partial charge in [-0.25, -0.2) is 13.8 Å². The van der Waals surface area contributed by atoms with Crippen LogP contribution in [0.4, 0.5) is 22.0 Å². The van der Waals surface area contributed by atoms with Crippen molar-refractivity contribution in [3.8, 4) is 5.75 Å². The van der Waals surface area contributed by atoms with Crippen LogP contribution in [0.3, 0.4) is 0 Å². The maximum atomic E-state index is 12.4. The summed E-state index contributed by atoms with van der Waals surface area (Å²) in [6, 6.07) is 0.332. The highest BCUT2D eigenvalue weighted by atomic mass is 19.4. The van der Waals surface area contributed by atoms with E-state index in [0.29, 0.717) is 6.07 Å². The first-order valence-electron chi connectivity index (χ1n) is 4.20. The standard InChI is InChI=1S/C9H6F5NO2/c1-17-6-2-4(9(12,13)14)5(3-16)15-7(6)8(10)11/h2-3,8H,1H3. The SMILES string of the molecule is COc1cc(C(F)(F)F)c(C=O)nc1C(F)F. The van der Waals surface area contributed by atoms with E-state index in [2.05, 4.69) is 9.72 Å². The molecule has 0 N–H and O–H groups in total. The van der Waals surface area contributed by atoms with Crippen molar-refractivity contribution in [3.63, 3.8) is 0 Å². The topological polar surface area (TPSA) is 39.2 Å². The summed E-state index contributed by atoms with van der Waals surface area (Å²) < 4.78 is 66.6. The Morgan fingerprint density at radius 3 is 2.35 bits per heavy atom. The third-order valence-corrected chi connectivity index (χ3v) is 1.89. The second-order valence-corrected chi connectivity index (χ2v) is 2.92. The fraction of sp³-hybridized carbons (Fsp3) is 0.333. The molecule has 1 heterocycles. The molecule has 0 radical (unpaired) electrons. The molecule has 0 aliphatic heterocycles. The molecule has 1 aromatic heterocycles. The van der Waals surface area contributed by atoms with Crippen LogP contribution in [-0.4, -0.2) is 18.4 Å². The van der Waals surface area contributed by atoms with Gasteiger partial charge >= 0.3 is 6.18 Å². The normalized spacial score (nSPS) is 11.7. The van der Waals surface area contributed by atoms with E-state index in [1.54, 1.807) is 0 Å². The van der Waals surface area contributed by atoms with Crippen molar-refractivity contribution in [3.05, 3.63) is 23.0 Å². The summed E-state index contributed by atoms with van der Waals surface area (Å²) in [6.45, 7) is 0. The number of aromatic nitrogens is 1. The molecule has 0 amide bonds. The molecule has 0 saturated heterocycles. The van der Waals surface area contributed by atoms with Crippen LogP contribution in [0.2, 0.25) is 0 Å². The number of hydrogen-bond donors (Lipinski definition) is 0. The summed E-state index contributed by atoms with van der Waals surface area (Å²) in [5.41, 5.74) is -3.50. The summed E-state index contributed by atoms with van der Waals surface area (Å²) in [5.74, 6) is -0.710. The Hall–Kier alpha value is -1.73. The second-order valence-electron chi connectivity index (χ2n) is 2.92. The van der Waals surface area contributed by atoms with Crippen molar-refractivity contribution in [2.75, 3.05) is 7.11 Å². The van der Waals surface area contributed by atoms with Crippen LogP contribution in [0.15, 0.2) is 6.07 Å². The van der Waals surface area contributed by atoms with Crippen LogP contribution in [0.5, 0.6) is 5.75 Å². The first-order valence-corrected chi connectivity index (χ1v) is 4.20. The van der Waals surface area contributed by atoms with Gasteiger partial charge in [-0.15, -0.1) is 0 Å². The molecule has 1 rings (SSSR count). The van der Waals surface area contributed by atoms with Crippen LogP contribution in [0.1, 0.15) is 28.2 Å². The molecule has 0 bridgehead atoms. The van der Waals surface area contributed by atoms with Gasteiger partial charge in [0.2, 0.25) is 0 Å². The van der Waals surface area contributed by atoms with Gasteiger partial charge in [0.05, 0.1) is 12.7 Å². The van der Waals surface area contributed by atoms with Gasteiger partial charge in [-0.3, -0.25) is 4.79 Å². The number of alkyl halides is 5. The van der Waals surface area contributed by atoms with E-state index in [4.69, 9.17) is 0 Å². The van der Waals surface area contributed by atoms with Gasteiger partial charge in [-0.1, -0.05) is 0 Å². The number of methoxy groups -OCH3 is 1. The van der Waals surface area contributed by atoms with Crippen molar-refractivity contribution in [2.45, 2.75) is 12.6 Å². The highest BCUT2D eigenvalue weighted by molar-refractivity contribution is 5.75. The van der Waals surface area contributed by atoms with Gasteiger partial charge in [0.1, 0.15) is 17.1 Å². The molecule has 0 unspecified atom stereocenters. The molecule has 0 aliphatic rings. The molecular formula is C9H6F5NO2. The number of carbonyl (C=O) groups is 1. The number of nitrogens with zero attached hydrogens (tertiary/aromatic N) is 1. The maximum Gasteiger partial charge on any atom is 0.418 e. The number of rotatable bonds is 3. The fourth-order valence-electron chi connectivity index (χ4n) is 1.16. The third kappa shape index (κ3) is 2.69. The lowest BCUT2D eigenvalue weighted by molar-refractivity contribution is -0.138. The lowest BCUT2D eigenvalue weighted by atomic mass is 10.1.